The van der Waals surface area contributed by atoms with Gasteiger partial charge in [-0.3, -0.25) is 33.1 Å². The van der Waals surface area contributed by atoms with Gasteiger partial charge in [-0.2, -0.15) is 10.1 Å². The number of phosphoric acid groups is 1. The number of hydrogen-bond acceptors (Lipinski definition) is 18. The van der Waals surface area contributed by atoms with E-state index in [2.05, 4.69) is 35.1 Å². The fourth-order valence-electron chi connectivity index (χ4n) is 5.33. The van der Waals surface area contributed by atoms with Crippen molar-refractivity contribution in [1.29, 1.82) is 0 Å². The SMILES string of the molecule is Nc1nc2c(ncn2[C@@H]2O[C@H](CO)[C@@H](O)[C@H]2OP(=O)(O)OCC[C@H]2O[C@@H](c3n[nH]c4c(N)ncnc34)[C@H](O)[C@@H]2O[PH](=O)O)c(=O)[nH]1. The number of rotatable bonds is 11. The van der Waals surface area contributed by atoms with Gasteiger partial charge in [-0.15, -0.1) is 0 Å². The number of aliphatic hydroxyl groups excluding tert-OH is 3. The molecule has 0 aliphatic carbocycles. The number of nitrogen functional groups attached to an aromatic ring is 2. The van der Waals surface area contributed by atoms with Gasteiger partial charge in [0.1, 0.15) is 59.7 Å². The number of aromatic nitrogens is 8. The van der Waals surface area contributed by atoms with Crippen molar-refractivity contribution in [3.05, 3.63) is 28.7 Å². The van der Waals surface area contributed by atoms with Gasteiger partial charge in [-0.25, -0.2) is 19.5 Å². The van der Waals surface area contributed by atoms with E-state index >= 15 is 0 Å². The van der Waals surface area contributed by atoms with Crippen LogP contribution in [0, 0.1) is 0 Å². The second-order valence-corrected chi connectivity index (χ2v) is 12.4. The summed E-state index contributed by atoms with van der Waals surface area (Å²) in [5.41, 5.74) is 11.1. The van der Waals surface area contributed by atoms with Crippen LogP contribution in [0.15, 0.2) is 17.4 Å². The zero-order chi connectivity index (χ0) is 32.9. The second kappa shape index (κ2) is 12.6. The standard InChI is InChI=1S/C21H28N10O13P2/c22-17-10-8(24-4-25-17)9(29-30-10)15-13(34)14(43-45(36)37)6(41-15)1-2-40-46(38,39)44-16-12(33)7(3-32)42-20(16)31-5-26-11-18(31)27-21(23)28-19(11)35/h4-7,12-16,20,32-34,45H,1-3H2,(H,29,30)(H,36,37)(H,38,39)(H2,22,24,25)(H3,23,27,28,35)/t6-,7-,12-,13-,14-,15+,16-,20-/m1/s1. The summed E-state index contributed by atoms with van der Waals surface area (Å²) < 4.78 is 52.6. The van der Waals surface area contributed by atoms with Gasteiger partial charge >= 0.3 is 16.1 Å². The Morgan fingerprint density at radius 3 is 2.63 bits per heavy atom. The topological polar surface area (TPSA) is 352 Å². The lowest BCUT2D eigenvalue weighted by Gasteiger charge is -2.24. The highest BCUT2D eigenvalue weighted by Crippen LogP contribution is 2.50. The Morgan fingerprint density at radius 1 is 1.11 bits per heavy atom. The third-order valence-electron chi connectivity index (χ3n) is 7.38. The van der Waals surface area contributed by atoms with E-state index in [0.29, 0.717) is 0 Å². The molecule has 0 radical (unpaired) electrons. The van der Waals surface area contributed by atoms with E-state index in [1.165, 1.54) is 6.33 Å². The number of aromatic amines is 2. The zero-order valence-electron chi connectivity index (χ0n) is 23.2. The number of hydrogen-bond donors (Lipinski definition) is 9. The maximum absolute atomic E-state index is 13.0. The second-order valence-electron chi connectivity index (χ2n) is 10.2. The molecule has 0 aromatic carbocycles. The molecule has 11 N–H and O–H groups in total. The smallest absolute Gasteiger partial charge is 0.394 e. The van der Waals surface area contributed by atoms with Crippen LogP contribution in [0.25, 0.3) is 22.2 Å². The maximum atomic E-state index is 13.0. The highest BCUT2D eigenvalue weighted by atomic mass is 31.2. The molecule has 2 fully saturated rings. The number of H-pyrrole nitrogens is 2. The van der Waals surface area contributed by atoms with Crippen LogP contribution in [0.2, 0.25) is 0 Å². The molecule has 4 aromatic heterocycles. The van der Waals surface area contributed by atoms with Gasteiger partial charge in [0.15, 0.2) is 23.2 Å². The van der Waals surface area contributed by atoms with Crippen molar-refractivity contribution in [3.8, 4) is 0 Å². The predicted molar refractivity (Wildman–Crippen MR) is 151 cm³/mol. The Kier molecular flexibility index (Phi) is 8.93. The van der Waals surface area contributed by atoms with E-state index in [1.807, 2.05) is 0 Å². The van der Waals surface area contributed by atoms with Crippen molar-refractivity contribution in [2.24, 2.45) is 0 Å². The zero-order valence-corrected chi connectivity index (χ0v) is 25.1. The van der Waals surface area contributed by atoms with Crippen LogP contribution in [0.3, 0.4) is 0 Å². The minimum atomic E-state index is -5.04. The summed E-state index contributed by atoms with van der Waals surface area (Å²) in [5, 5.41) is 38.1. The molecule has 4 aromatic rings. The predicted octanol–water partition coefficient (Wildman–Crippen LogP) is -2.64. The maximum Gasteiger partial charge on any atom is 0.472 e. The van der Waals surface area contributed by atoms with Crippen LogP contribution < -0.4 is 17.0 Å². The number of anilines is 2. The van der Waals surface area contributed by atoms with Crippen molar-refractivity contribution in [2.75, 3.05) is 24.7 Å². The van der Waals surface area contributed by atoms with E-state index in [9.17, 15) is 39.0 Å². The number of aliphatic hydroxyl groups is 3. The van der Waals surface area contributed by atoms with Crippen LogP contribution in [0.1, 0.15) is 24.4 Å². The molecule has 46 heavy (non-hydrogen) atoms. The van der Waals surface area contributed by atoms with Gasteiger partial charge < -0.3 is 50.6 Å². The monoisotopic (exact) mass is 690 g/mol. The molecule has 0 saturated carbocycles. The lowest BCUT2D eigenvalue weighted by molar-refractivity contribution is -0.0518. The Hall–Kier alpha value is -3.44. The fraction of sp³-hybridized carbons (Fsp3) is 0.524. The molecule has 0 bridgehead atoms. The number of imidazole rings is 1. The molecular weight excluding hydrogens is 662 g/mol. The minimum Gasteiger partial charge on any atom is -0.394 e. The number of fused-ring (bicyclic) bond motifs is 2. The molecule has 2 saturated heterocycles. The Labute approximate surface area is 256 Å². The molecule has 2 aliphatic heterocycles. The summed E-state index contributed by atoms with van der Waals surface area (Å²) >= 11 is 0. The van der Waals surface area contributed by atoms with Crippen molar-refractivity contribution < 1.29 is 57.3 Å². The Balaban J connectivity index is 1.17. The van der Waals surface area contributed by atoms with E-state index in [0.717, 1.165) is 10.9 Å². The first-order valence-corrected chi connectivity index (χ1v) is 16.1. The third kappa shape index (κ3) is 6.03. The van der Waals surface area contributed by atoms with E-state index in [4.69, 9.17) is 34.5 Å². The summed E-state index contributed by atoms with van der Waals surface area (Å²) in [6, 6.07) is 0. The summed E-state index contributed by atoms with van der Waals surface area (Å²) in [4.78, 5) is 50.4. The third-order valence-corrected chi connectivity index (χ3v) is 8.87. The van der Waals surface area contributed by atoms with Crippen LogP contribution >= 0.6 is 16.1 Å². The minimum absolute atomic E-state index is 0.0775. The number of nitrogens with zero attached hydrogens (tertiary/aromatic N) is 6. The summed E-state index contributed by atoms with van der Waals surface area (Å²) in [5.74, 6) is -0.188. The van der Waals surface area contributed by atoms with Crippen LogP contribution in [0.4, 0.5) is 11.8 Å². The van der Waals surface area contributed by atoms with Gasteiger partial charge in [-0.1, -0.05) is 0 Å². The highest BCUT2D eigenvalue weighted by Gasteiger charge is 2.50. The van der Waals surface area contributed by atoms with Crippen LogP contribution in [0.5, 0.6) is 0 Å². The molecule has 2 aliphatic rings. The first-order chi connectivity index (χ1) is 21.9. The summed E-state index contributed by atoms with van der Waals surface area (Å²) in [6.45, 7) is -1.29. The number of phosphoric ester groups is 1. The molecule has 250 valence electrons. The highest BCUT2D eigenvalue weighted by molar-refractivity contribution is 7.47. The molecule has 0 amide bonds. The lowest BCUT2D eigenvalue weighted by Crippen LogP contribution is -2.35. The first-order valence-electron chi connectivity index (χ1n) is 13.4. The van der Waals surface area contributed by atoms with Gasteiger partial charge in [0.2, 0.25) is 5.95 Å². The molecule has 25 heteroatoms. The summed E-state index contributed by atoms with van der Waals surface area (Å²) in [7, 11) is -8.63. The quantitative estimate of drug-likeness (QED) is 0.0726. The van der Waals surface area contributed by atoms with E-state index < -0.39 is 83.8 Å². The Bertz CT molecular complexity index is 1870. The Morgan fingerprint density at radius 2 is 1.89 bits per heavy atom. The van der Waals surface area contributed by atoms with Gasteiger partial charge in [0.25, 0.3) is 5.56 Å². The largest absolute Gasteiger partial charge is 0.472 e. The fourth-order valence-corrected chi connectivity index (χ4v) is 6.79. The number of nitrogens with one attached hydrogen (secondary N) is 2. The van der Waals surface area contributed by atoms with Crippen molar-refractivity contribution in [3.63, 3.8) is 0 Å². The van der Waals surface area contributed by atoms with Crippen molar-refractivity contribution in [2.45, 2.75) is 55.4 Å². The molecular formula is C21H28N10O13P2. The van der Waals surface area contributed by atoms with E-state index in [1.54, 1.807) is 0 Å². The van der Waals surface area contributed by atoms with Gasteiger partial charge in [0, 0.05) is 6.42 Å². The average molecular weight is 690 g/mol. The van der Waals surface area contributed by atoms with Crippen LogP contribution in [-0.4, -0.2) is 115 Å². The normalized spacial score (nSPS) is 30.3. The van der Waals surface area contributed by atoms with Crippen molar-refractivity contribution in [1.82, 2.24) is 39.7 Å². The van der Waals surface area contributed by atoms with Gasteiger partial charge in [0.05, 0.1) is 25.6 Å². The number of nitrogens with two attached hydrogens (primary N) is 2. The molecule has 0 spiro atoms. The van der Waals surface area contributed by atoms with Gasteiger partial charge in [-0.05, 0) is 0 Å². The average Bonchev–Trinajstić information content (AvgIpc) is 3.75. The van der Waals surface area contributed by atoms with E-state index in [-0.39, 0.29) is 46.1 Å². The lowest BCUT2D eigenvalue weighted by atomic mass is 10.0. The molecule has 6 heterocycles. The number of ether oxygens (including phenoxy) is 2. The first kappa shape index (κ1) is 32.5. The molecule has 2 unspecified atom stereocenters. The molecule has 23 nitrogen and oxygen atoms in total. The van der Waals surface area contributed by atoms with Crippen molar-refractivity contribution >= 4 is 50.0 Å². The molecule has 10 atom stereocenters. The molecule has 6 rings (SSSR count). The van der Waals surface area contributed by atoms with Crippen LogP contribution in [-0.2, 0) is 32.2 Å². The summed E-state index contributed by atoms with van der Waals surface area (Å²) in [6.07, 6.45) is -9.33.